The Morgan fingerprint density at radius 2 is 1.89 bits per heavy atom. The average Bonchev–Trinajstić information content (AvgIpc) is 2.36. The molecule has 0 aromatic heterocycles. The molecule has 0 aromatic carbocycles. The van der Waals surface area contributed by atoms with Gasteiger partial charge in [0.25, 0.3) is 0 Å². The van der Waals surface area contributed by atoms with Gasteiger partial charge in [-0.3, -0.25) is 9.59 Å². The number of nitrogens with zero attached hydrogens (tertiary/aromatic N) is 1. The zero-order valence-corrected chi connectivity index (χ0v) is 12.1. The van der Waals surface area contributed by atoms with Crippen molar-refractivity contribution in [2.45, 2.75) is 57.1 Å². The molecule has 1 spiro atoms. The normalized spacial score (nSPS) is 23.6. The minimum absolute atomic E-state index is 0.0478. The summed E-state index contributed by atoms with van der Waals surface area (Å²) in [6.07, 6.45) is 4.69. The van der Waals surface area contributed by atoms with Gasteiger partial charge in [0, 0.05) is 13.7 Å². The van der Waals surface area contributed by atoms with Crippen molar-refractivity contribution < 1.29 is 14.3 Å². The van der Waals surface area contributed by atoms with Crippen LogP contribution in [0.3, 0.4) is 0 Å². The van der Waals surface area contributed by atoms with Crippen LogP contribution < -0.4 is 5.32 Å². The zero-order valence-electron chi connectivity index (χ0n) is 12.1. The molecule has 1 aliphatic carbocycles. The van der Waals surface area contributed by atoms with Crippen LogP contribution in [0.2, 0.25) is 0 Å². The number of amides is 2. The Bertz CT molecular complexity index is 373. The molecule has 19 heavy (non-hydrogen) atoms. The van der Waals surface area contributed by atoms with Crippen molar-refractivity contribution in [2.24, 2.45) is 0 Å². The highest BCUT2D eigenvalue weighted by Gasteiger charge is 2.47. The molecule has 1 saturated carbocycles. The van der Waals surface area contributed by atoms with Gasteiger partial charge in [0.05, 0.1) is 12.1 Å². The van der Waals surface area contributed by atoms with Crippen molar-refractivity contribution in [3.63, 3.8) is 0 Å². The van der Waals surface area contributed by atoms with E-state index in [4.69, 9.17) is 4.74 Å². The number of methoxy groups -OCH3 is 1. The van der Waals surface area contributed by atoms with Gasteiger partial charge in [0.1, 0.15) is 5.54 Å². The Morgan fingerprint density at radius 1 is 1.26 bits per heavy atom. The van der Waals surface area contributed by atoms with Crippen LogP contribution in [-0.2, 0) is 14.3 Å². The highest BCUT2D eigenvalue weighted by Crippen LogP contribution is 2.32. The Morgan fingerprint density at radius 3 is 2.47 bits per heavy atom. The van der Waals surface area contributed by atoms with Crippen LogP contribution in [0.1, 0.15) is 46.0 Å². The summed E-state index contributed by atoms with van der Waals surface area (Å²) < 4.78 is 5.37. The van der Waals surface area contributed by atoms with Crippen LogP contribution in [0.25, 0.3) is 0 Å². The molecule has 2 rings (SSSR count). The van der Waals surface area contributed by atoms with Crippen LogP contribution >= 0.6 is 0 Å². The van der Waals surface area contributed by atoms with Crippen molar-refractivity contribution >= 4 is 11.8 Å². The molecule has 0 atom stereocenters. The maximum atomic E-state index is 12.7. The third-order valence-corrected chi connectivity index (χ3v) is 4.24. The summed E-state index contributed by atoms with van der Waals surface area (Å²) in [7, 11) is 1.63. The molecule has 2 fully saturated rings. The van der Waals surface area contributed by atoms with E-state index >= 15 is 0 Å². The molecule has 1 heterocycles. The topological polar surface area (TPSA) is 58.6 Å². The summed E-state index contributed by atoms with van der Waals surface area (Å²) in [5.74, 6) is 0.0188. The maximum absolute atomic E-state index is 12.7. The molecule has 108 valence electrons. The Hall–Kier alpha value is -1.10. The summed E-state index contributed by atoms with van der Waals surface area (Å²) in [5.41, 5.74) is -1.07. The molecule has 0 bridgehead atoms. The second-order valence-electron chi connectivity index (χ2n) is 6.32. The highest BCUT2D eigenvalue weighted by molar-refractivity contribution is 5.98. The molecule has 1 N–H and O–H groups in total. The maximum Gasteiger partial charge on any atom is 0.248 e. The van der Waals surface area contributed by atoms with Crippen LogP contribution in [0.5, 0.6) is 0 Å². The molecular formula is C14H24N2O3. The highest BCUT2D eigenvalue weighted by atomic mass is 16.5. The van der Waals surface area contributed by atoms with Crippen LogP contribution in [0, 0.1) is 0 Å². The van der Waals surface area contributed by atoms with Gasteiger partial charge in [-0.05, 0) is 26.7 Å². The van der Waals surface area contributed by atoms with Gasteiger partial charge in [-0.2, -0.15) is 0 Å². The lowest BCUT2D eigenvalue weighted by atomic mass is 9.79. The van der Waals surface area contributed by atoms with Gasteiger partial charge in [0.15, 0.2) is 0 Å². The number of piperazine rings is 1. The van der Waals surface area contributed by atoms with E-state index in [1.54, 1.807) is 12.0 Å². The van der Waals surface area contributed by atoms with Crippen LogP contribution in [0.4, 0.5) is 0 Å². The lowest BCUT2D eigenvalue weighted by Crippen LogP contribution is -2.68. The molecule has 0 unspecified atom stereocenters. The van der Waals surface area contributed by atoms with Crippen molar-refractivity contribution in [1.82, 2.24) is 10.2 Å². The van der Waals surface area contributed by atoms with Crippen molar-refractivity contribution in [3.05, 3.63) is 0 Å². The predicted octanol–water partition coefficient (Wildman–Crippen LogP) is 1.07. The molecule has 1 saturated heterocycles. The summed E-state index contributed by atoms with van der Waals surface area (Å²) in [5, 5.41) is 2.94. The van der Waals surface area contributed by atoms with Crippen molar-refractivity contribution in [2.75, 3.05) is 20.2 Å². The van der Waals surface area contributed by atoms with Crippen LogP contribution in [0.15, 0.2) is 0 Å². The first-order valence-electron chi connectivity index (χ1n) is 7.04. The molecule has 0 radical (unpaired) electrons. The second-order valence-corrected chi connectivity index (χ2v) is 6.32. The molecule has 0 aromatic rings. The molecular weight excluding hydrogens is 244 g/mol. The molecule has 2 aliphatic rings. The first-order chi connectivity index (χ1) is 8.88. The minimum Gasteiger partial charge on any atom is -0.377 e. The van der Waals surface area contributed by atoms with E-state index in [2.05, 4.69) is 5.32 Å². The predicted molar refractivity (Wildman–Crippen MR) is 71.6 cm³/mol. The largest absolute Gasteiger partial charge is 0.377 e. The first kappa shape index (κ1) is 14.3. The van der Waals surface area contributed by atoms with Gasteiger partial charge in [-0.25, -0.2) is 0 Å². The van der Waals surface area contributed by atoms with Gasteiger partial charge in [-0.1, -0.05) is 19.3 Å². The molecule has 2 amide bonds. The second kappa shape index (κ2) is 5.12. The third kappa shape index (κ3) is 2.91. The van der Waals surface area contributed by atoms with E-state index in [9.17, 15) is 9.59 Å². The van der Waals surface area contributed by atoms with Gasteiger partial charge >= 0.3 is 0 Å². The molecule has 1 aliphatic heterocycles. The number of ether oxygens (including phenoxy) is 1. The average molecular weight is 268 g/mol. The fraction of sp³-hybridized carbons (Fsp3) is 0.857. The number of rotatable bonds is 3. The SMILES string of the molecule is COC(C)(C)CN1CC(=O)NC2(CCCCC2)C1=O. The Balaban J connectivity index is 2.16. The summed E-state index contributed by atoms with van der Waals surface area (Å²) in [6, 6.07) is 0. The van der Waals surface area contributed by atoms with E-state index in [-0.39, 0.29) is 18.4 Å². The fourth-order valence-corrected chi connectivity index (χ4v) is 3.05. The summed E-state index contributed by atoms with van der Waals surface area (Å²) in [6.45, 7) is 4.46. The summed E-state index contributed by atoms with van der Waals surface area (Å²) >= 11 is 0. The lowest BCUT2D eigenvalue weighted by Gasteiger charge is -2.45. The lowest BCUT2D eigenvalue weighted by molar-refractivity contribution is -0.155. The van der Waals surface area contributed by atoms with E-state index in [0.717, 1.165) is 32.1 Å². The summed E-state index contributed by atoms with van der Waals surface area (Å²) in [4.78, 5) is 26.3. The number of hydrogen-bond donors (Lipinski definition) is 1. The zero-order chi connectivity index (χ0) is 14.1. The van der Waals surface area contributed by atoms with E-state index < -0.39 is 11.1 Å². The van der Waals surface area contributed by atoms with Crippen molar-refractivity contribution in [3.8, 4) is 0 Å². The monoisotopic (exact) mass is 268 g/mol. The van der Waals surface area contributed by atoms with Crippen molar-refractivity contribution in [1.29, 1.82) is 0 Å². The van der Waals surface area contributed by atoms with E-state index in [1.807, 2.05) is 13.8 Å². The Labute approximate surface area is 114 Å². The Kier molecular flexibility index (Phi) is 3.85. The molecule has 5 heteroatoms. The van der Waals surface area contributed by atoms with Crippen LogP contribution in [-0.4, -0.2) is 48.1 Å². The van der Waals surface area contributed by atoms with Gasteiger partial charge in [0.2, 0.25) is 11.8 Å². The van der Waals surface area contributed by atoms with E-state index in [1.165, 1.54) is 0 Å². The van der Waals surface area contributed by atoms with E-state index in [0.29, 0.717) is 6.54 Å². The number of carbonyl (C=O) groups excluding carboxylic acids is 2. The minimum atomic E-state index is -0.641. The number of nitrogens with one attached hydrogen (secondary N) is 1. The van der Waals surface area contributed by atoms with Gasteiger partial charge < -0.3 is 15.0 Å². The quantitative estimate of drug-likeness (QED) is 0.833. The third-order valence-electron chi connectivity index (χ3n) is 4.24. The fourth-order valence-electron chi connectivity index (χ4n) is 3.05. The smallest absolute Gasteiger partial charge is 0.248 e. The number of carbonyl (C=O) groups is 2. The van der Waals surface area contributed by atoms with Gasteiger partial charge in [-0.15, -0.1) is 0 Å². The standard InChI is InChI=1S/C14H24N2O3/c1-13(2,19-3)10-16-9-11(17)15-14(12(16)18)7-5-4-6-8-14/h4-10H2,1-3H3,(H,15,17). The number of hydrogen-bond acceptors (Lipinski definition) is 3. The molecule has 5 nitrogen and oxygen atoms in total. The first-order valence-corrected chi connectivity index (χ1v) is 7.04.